The number of aromatic nitrogens is 3. The normalized spacial score (nSPS) is 16.7. The molecule has 23 heavy (non-hydrogen) atoms. The third-order valence-electron chi connectivity index (χ3n) is 4.15. The van der Waals surface area contributed by atoms with Gasteiger partial charge in [0.05, 0.1) is 11.8 Å². The first-order valence-electron chi connectivity index (χ1n) is 7.54. The Morgan fingerprint density at radius 2 is 1.87 bits per heavy atom. The molecule has 1 aliphatic heterocycles. The van der Waals surface area contributed by atoms with Gasteiger partial charge in [-0.15, -0.1) is 0 Å². The number of aromatic hydroxyl groups is 1. The molecule has 0 fully saturated rings. The lowest BCUT2D eigenvalue weighted by atomic mass is 9.95. The maximum absolute atomic E-state index is 10.1. The summed E-state index contributed by atoms with van der Waals surface area (Å²) in [7, 11) is 0. The zero-order valence-electron chi connectivity index (χ0n) is 12.7. The van der Waals surface area contributed by atoms with Crippen molar-refractivity contribution < 1.29 is 5.11 Å². The molecule has 0 spiro atoms. The number of benzene rings is 2. The lowest BCUT2D eigenvalue weighted by molar-refractivity contribution is 0.472. The van der Waals surface area contributed by atoms with Gasteiger partial charge in [0.2, 0.25) is 5.95 Å². The Morgan fingerprint density at radius 3 is 2.65 bits per heavy atom. The van der Waals surface area contributed by atoms with E-state index in [4.69, 9.17) is 0 Å². The molecule has 1 aromatic heterocycles. The molecule has 4 rings (SSSR count). The molecular weight excluding hydrogens is 288 g/mol. The lowest BCUT2D eigenvalue weighted by Gasteiger charge is -2.24. The molecule has 1 unspecified atom stereocenters. The smallest absolute Gasteiger partial charge is 0.248 e. The van der Waals surface area contributed by atoms with E-state index >= 15 is 0 Å². The van der Waals surface area contributed by atoms with E-state index in [1.165, 1.54) is 11.9 Å². The molecule has 114 valence electrons. The third kappa shape index (κ3) is 2.40. The summed E-state index contributed by atoms with van der Waals surface area (Å²) in [5.41, 5.74) is 3.95. The minimum atomic E-state index is 0.0280. The van der Waals surface area contributed by atoms with Gasteiger partial charge in [-0.25, -0.2) is 9.67 Å². The van der Waals surface area contributed by atoms with E-state index < -0.39 is 0 Å². The molecular formula is C18H16N4O. The third-order valence-corrected chi connectivity index (χ3v) is 4.15. The second-order valence-corrected chi connectivity index (χ2v) is 5.71. The van der Waals surface area contributed by atoms with Crippen LogP contribution in [0.5, 0.6) is 5.75 Å². The van der Waals surface area contributed by atoms with E-state index in [-0.39, 0.29) is 11.8 Å². The van der Waals surface area contributed by atoms with Crippen LogP contribution >= 0.6 is 0 Å². The van der Waals surface area contributed by atoms with Crippen LogP contribution in [-0.4, -0.2) is 25.6 Å². The molecule has 0 bridgehead atoms. The van der Waals surface area contributed by atoms with E-state index in [0.717, 1.165) is 16.8 Å². The topological polar surface area (TPSA) is 63.3 Å². The Balaban J connectivity index is 1.81. The summed E-state index contributed by atoms with van der Waals surface area (Å²) in [6, 6.07) is 15.7. The van der Waals surface area contributed by atoms with E-state index in [1.54, 1.807) is 6.07 Å². The Kier molecular flexibility index (Phi) is 3.19. The Morgan fingerprint density at radius 1 is 1.09 bits per heavy atom. The minimum Gasteiger partial charge on any atom is -0.507 e. The van der Waals surface area contributed by atoms with Crippen molar-refractivity contribution in [1.82, 2.24) is 14.8 Å². The van der Waals surface area contributed by atoms with Crippen LogP contribution in [0.3, 0.4) is 0 Å². The molecule has 2 heterocycles. The average Bonchev–Trinajstić information content (AvgIpc) is 3.04. The van der Waals surface area contributed by atoms with Gasteiger partial charge in [0, 0.05) is 12.0 Å². The van der Waals surface area contributed by atoms with Crippen molar-refractivity contribution in [3.63, 3.8) is 0 Å². The summed E-state index contributed by atoms with van der Waals surface area (Å²) in [5, 5.41) is 14.5. The molecule has 1 aliphatic rings. The summed E-state index contributed by atoms with van der Waals surface area (Å²) in [4.78, 5) is 8.81. The second kappa shape index (κ2) is 5.35. The van der Waals surface area contributed by atoms with E-state index in [9.17, 15) is 5.11 Å². The number of phenols is 1. The van der Waals surface area contributed by atoms with Gasteiger partial charge in [-0.05, 0) is 24.6 Å². The molecule has 1 atom stereocenters. The number of nitrogens with zero attached hydrogens (tertiary/aromatic N) is 4. The lowest BCUT2D eigenvalue weighted by Crippen LogP contribution is -2.21. The molecule has 1 N–H and O–H groups in total. The predicted molar refractivity (Wildman–Crippen MR) is 88.3 cm³/mol. The second-order valence-electron chi connectivity index (χ2n) is 5.71. The molecule has 0 saturated carbocycles. The van der Waals surface area contributed by atoms with Crippen LogP contribution in [0, 0.1) is 6.92 Å². The number of para-hydroxylation sites is 1. The van der Waals surface area contributed by atoms with Crippen molar-refractivity contribution in [2.45, 2.75) is 19.4 Å². The van der Waals surface area contributed by atoms with Gasteiger partial charge >= 0.3 is 0 Å². The number of phenolic OH excluding ortho intramolecular Hbond substituents is 1. The fourth-order valence-corrected chi connectivity index (χ4v) is 2.92. The van der Waals surface area contributed by atoms with Crippen LogP contribution < -0.4 is 0 Å². The Bertz CT molecular complexity index is 880. The molecule has 3 aromatic rings. The number of aryl methyl sites for hydroxylation is 1. The fraction of sp³-hybridized carbons (Fsp3) is 0.167. The van der Waals surface area contributed by atoms with Gasteiger partial charge in [0.25, 0.3) is 0 Å². The summed E-state index contributed by atoms with van der Waals surface area (Å²) in [6.45, 7) is 2.07. The number of fused-ring (bicyclic) bond motifs is 1. The maximum Gasteiger partial charge on any atom is 0.248 e. The summed E-state index contributed by atoms with van der Waals surface area (Å²) in [5.74, 6) is 0.807. The summed E-state index contributed by atoms with van der Waals surface area (Å²) in [6.07, 6.45) is 2.19. The van der Waals surface area contributed by atoms with Crippen molar-refractivity contribution >= 4 is 11.7 Å². The molecule has 5 nitrogen and oxygen atoms in total. The van der Waals surface area contributed by atoms with Crippen molar-refractivity contribution in [2.75, 3.05) is 0 Å². The van der Waals surface area contributed by atoms with Gasteiger partial charge in [-0.1, -0.05) is 42.0 Å². The first kappa shape index (κ1) is 13.7. The van der Waals surface area contributed by atoms with Gasteiger partial charge in [-0.2, -0.15) is 10.1 Å². The van der Waals surface area contributed by atoms with Crippen LogP contribution in [0.15, 0.2) is 59.9 Å². The average molecular weight is 304 g/mol. The molecule has 0 saturated heterocycles. The van der Waals surface area contributed by atoms with E-state index in [0.29, 0.717) is 12.4 Å². The highest BCUT2D eigenvalue weighted by Gasteiger charge is 2.26. The van der Waals surface area contributed by atoms with Crippen LogP contribution in [0.4, 0.5) is 5.95 Å². The number of aliphatic imine (C=N–C) groups is 1. The van der Waals surface area contributed by atoms with Crippen LogP contribution in [-0.2, 0) is 0 Å². The van der Waals surface area contributed by atoms with Gasteiger partial charge < -0.3 is 5.11 Å². The Labute approximate surface area is 134 Å². The standard InChI is InChI=1S/C18H16N4O/c1-12-6-8-13(9-7-12)16-10-15(14-4-2-3-5-17(14)23)21-18-19-11-20-22(16)18/h2-9,11,16,23H,10H2,1H3. The summed E-state index contributed by atoms with van der Waals surface area (Å²) < 4.78 is 1.84. The quantitative estimate of drug-likeness (QED) is 0.789. The van der Waals surface area contributed by atoms with Crippen LogP contribution in [0.25, 0.3) is 0 Å². The molecule has 0 amide bonds. The maximum atomic E-state index is 10.1. The van der Waals surface area contributed by atoms with Crippen molar-refractivity contribution in [3.05, 3.63) is 71.5 Å². The SMILES string of the molecule is Cc1ccc(C2CC(c3ccccc3O)=Nc3ncnn32)cc1. The number of rotatable bonds is 2. The highest BCUT2D eigenvalue weighted by Crippen LogP contribution is 2.33. The zero-order valence-corrected chi connectivity index (χ0v) is 12.7. The van der Waals surface area contributed by atoms with Crippen LogP contribution in [0.2, 0.25) is 0 Å². The molecule has 2 aromatic carbocycles. The first-order chi connectivity index (χ1) is 11.2. The predicted octanol–water partition coefficient (Wildman–Crippen LogP) is 3.41. The van der Waals surface area contributed by atoms with Gasteiger partial charge in [0.15, 0.2) is 0 Å². The molecule has 0 aliphatic carbocycles. The summed E-state index contributed by atoms with van der Waals surface area (Å²) >= 11 is 0. The van der Waals surface area contributed by atoms with Gasteiger partial charge in [0.1, 0.15) is 12.1 Å². The van der Waals surface area contributed by atoms with Gasteiger partial charge in [-0.3, -0.25) is 0 Å². The van der Waals surface area contributed by atoms with E-state index in [1.807, 2.05) is 22.9 Å². The monoisotopic (exact) mass is 304 g/mol. The number of hydrogen-bond acceptors (Lipinski definition) is 4. The van der Waals surface area contributed by atoms with Crippen LogP contribution in [0.1, 0.15) is 29.2 Å². The zero-order chi connectivity index (χ0) is 15.8. The minimum absolute atomic E-state index is 0.0280. The van der Waals surface area contributed by atoms with Crippen molar-refractivity contribution in [3.8, 4) is 5.75 Å². The Hall–Kier alpha value is -2.95. The fourth-order valence-electron chi connectivity index (χ4n) is 2.92. The molecule has 5 heteroatoms. The highest BCUT2D eigenvalue weighted by atomic mass is 16.3. The number of hydrogen-bond donors (Lipinski definition) is 1. The largest absolute Gasteiger partial charge is 0.507 e. The van der Waals surface area contributed by atoms with E-state index in [2.05, 4.69) is 46.3 Å². The van der Waals surface area contributed by atoms with Crippen molar-refractivity contribution in [1.29, 1.82) is 0 Å². The molecule has 0 radical (unpaired) electrons. The van der Waals surface area contributed by atoms with Crippen molar-refractivity contribution in [2.24, 2.45) is 4.99 Å². The first-order valence-corrected chi connectivity index (χ1v) is 7.54. The highest BCUT2D eigenvalue weighted by molar-refractivity contribution is 6.04.